The van der Waals surface area contributed by atoms with Crippen molar-refractivity contribution in [3.63, 3.8) is 0 Å². The Morgan fingerprint density at radius 2 is 1.83 bits per heavy atom. The maximum atomic E-state index is 10.8. The summed E-state index contributed by atoms with van der Waals surface area (Å²) >= 11 is 0. The van der Waals surface area contributed by atoms with Gasteiger partial charge in [-0.1, -0.05) is 0 Å². The van der Waals surface area contributed by atoms with Gasteiger partial charge in [-0.15, -0.1) is 0 Å². The van der Waals surface area contributed by atoms with Gasteiger partial charge in [0.05, 0.1) is 13.2 Å². The predicted octanol–water partition coefficient (Wildman–Crippen LogP) is 0.928. The minimum Gasteiger partial charge on any atom is -0.519 e. The summed E-state index contributed by atoms with van der Waals surface area (Å²) in [6, 6.07) is 0.211. The number of hydrogen-bond donors (Lipinski definition) is 0. The predicted molar refractivity (Wildman–Crippen MR) is 46.1 cm³/mol. The first-order valence-electron chi connectivity index (χ1n) is 3.64. The van der Waals surface area contributed by atoms with Gasteiger partial charge in [-0.2, -0.15) is 0 Å². The van der Waals surface area contributed by atoms with E-state index in [1.165, 1.54) is 14.0 Å². The van der Waals surface area contributed by atoms with E-state index in [0.29, 0.717) is 0 Å². The van der Waals surface area contributed by atoms with Crippen LogP contribution in [0.2, 0.25) is 19.1 Å². The standard InChI is InChI=1S/C7H14O4Si/c1-6(8)11-12(3,4)5-7(9)10-2/h5H2,1-4H3. The molecule has 0 atom stereocenters. The highest BCUT2D eigenvalue weighted by molar-refractivity contribution is 6.75. The van der Waals surface area contributed by atoms with Crippen LogP contribution in [-0.4, -0.2) is 27.4 Å². The fraction of sp³-hybridized carbons (Fsp3) is 0.714. The summed E-state index contributed by atoms with van der Waals surface area (Å²) in [4.78, 5) is 21.4. The van der Waals surface area contributed by atoms with Gasteiger partial charge in [0.15, 0.2) is 0 Å². The zero-order valence-corrected chi connectivity index (χ0v) is 8.84. The lowest BCUT2D eigenvalue weighted by Crippen LogP contribution is -2.35. The lowest BCUT2D eigenvalue weighted by Gasteiger charge is -2.19. The van der Waals surface area contributed by atoms with Crippen LogP contribution >= 0.6 is 0 Å². The van der Waals surface area contributed by atoms with Gasteiger partial charge < -0.3 is 9.16 Å². The second-order valence-corrected chi connectivity index (χ2v) is 7.18. The molecule has 5 heteroatoms. The van der Waals surface area contributed by atoms with Gasteiger partial charge in [-0.05, 0) is 13.1 Å². The summed E-state index contributed by atoms with van der Waals surface area (Å²) in [5.41, 5.74) is 0. The Morgan fingerprint density at radius 1 is 1.33 bits per heavy atom. The Balaban J connectivity index is 4.03. The quantitative estimate of drug-likeness (QED) is 0.490. The smallest absolute Gasteiger partial charge is 0.306 e. The molecular weight excluding hydrogens is 176 g/mol. The van der Waals surface area contributed by atoms with E-state index >= 15 is 0 Å². The number of rotatable bonds is 3. The van der Waals surface area contributed by atoms with Crippen molar-refractivity contribution in [3.05, 3.63) is 0 Å². The molecule has 0 unspecified atom stereocenters. The molecule has 0 aliphatic carbocycles. The molecule has 0 aromatic rings. The van der Waals surface area contributed by atoms with Crippen molar-refractivity contribution in [1.29, 1.82) is 0 Å². The molecule has 0 saturated heterocycles. The first-order valence-corrected chi connectivity index (χ1v) is 6.75. The molecule has 0 aliphatic rings. The normalized spacial score (nSPS) is 10.7. The fourth-order valence-corrected chi connectivity index (χ4v) is 2.53. The molecule has 0 rings (SSSR count). The Morgan fingerprint density at radius 3 is 2.17 bits per heavy atom. The first-order chi connectivity index (χ1) is 5.37. The number of esters is 1. The summed E-state index contributed by atoms with van der Waals surface area (Å²) in [6.45, 7) is 4.93. The highest BCUT2D eigenvalue weighted by Crippen LogP contribution is 2.11. The molecule has 12 heavy (non-hydrogen) atoms. The SMILES string of the molecule is COC(=O)C[Si](C)(C)OC(C)=O. The minimum atomic E-state index is -2.17. The average Bonchev–Trinajstić information content (AvgIpc) is 1.83. The molecule has 0 N–H and O–H groups in total. The lowest BCUT2D eigenvalue weighted by atomic mass is 10.8. The molecule has 0 bridgehead atoms. The van der Waals surface area contributed by atoms with Gasteiger partial charge in [0.2, 0.25) is 0 Å². The summed E-state index contributed by atoms with van der Waals surface area (Å²) < 4.78 is 9.48. The Hall–Kier alpha value is -0.843. The van der Waals surface area contributed by atoms with Gasteiger partial charge in [-0.3, -0.25) is 9.59 Å². The second kappa shape index (κ2) is 4.25. The van der Waals surface area contributed by atoms with Crippen LogP contribution < -0.4 is 0 Å². The highest BCUT2D eigenvalue weighted by Gasteiger charge is 2.29. The van der Waals surface area contributed by atoms with Crippen LogP contribution in [0.25, 0.3) is 0 Å². The molecule has 0 radical (unpaired) electrons. The maximum absolute atomic E-state index is 10.8. The van der Waals surface area contributed by atoms with E-state index in [1.54, 1.807) is 13.1 Å². The third kappa shape index (κ3) is 4.89. The van der Waals surface area contributed by atoms with Crippen molar-refractivity contribution in [3.8, 4) is 0 Å². The third-order valence-electron chi connectivity index (χ3n) is 1.22. The Bertz CT molecular complexity index is 188. The van der Waals surface area contributed by atoms with E-state index in [4.69, 9.17) is 4.43 Å². The number of ether oxygens (including phenoxy) is 1. The number of hydrogen-bond acceptors (Lipinski definition) is 4. The van der Waals surface area contributed by atoms with Crippen molar-refractivity contribution in [2.45, 2.75) is 26.1 Å². The molecule has 0 spiro atoms. The zero-order valence-electron chi connectivity index (χ0n) is 7.84. The van der Waals surface area contributed by atoms with Crippen LogP contribution in [0.5, 0.6) is 0 Å². The van der Waals surface area contributed by atoms with Gasteiger partial charge >= 0.3 is 5.97 Å². The molecule has 0 aromatic heterocycles. The molecular formula is C7H14O4Si. The van der Waals surface area contributed by atoms with Crippen molar-refractivity contribution in [1.82, 2.24) is 0 Å². The summed E-state index contributed by atoms with van der Waals surface area (Å²) in [5, 5.41) is 0. The van der Waals surface area contributed by atoms with Crippen molar-refractivity contribution in [2.75, 3.05) is 7.11 Å². The summed E-state index contributed by atoms with van der Waals surface area (Å²) in [5.74, 6) is -0.663. The van der Waals surface area contributed by atoms with E-state index in [-0.39, 0.29) is 18.0 Å². The van der Waals surface area contributed by atoms with Crippen molar-refractivity contribution < 1.29 is 18.8 Å². The van der Waals surface area contributed by atoms with Crippen molar-refractivity contribution in [2.24, 2.45) is 0 Å². The fourth-order valence-electron chi connectivity index (χ4n) is 0.845. The van der Waals surface area contributed by atoms with Crippen LogP contribution in [0.15, 0.2) is 0 Å². The largest absolute Gasteiger partial charge is 0.519 e. The van der Waals surface area contributed by atoms with Crippen LogP contribution in [0, 0.1) is 0 Å². The van der Waals surface area contributed by atoms with Crippen LogP contribution in [0.1, 0.15) is 6.92 Å². The molecule has 4 nitrogen and oxygen atoms in total. The van der Waals surface area contributed by atoms with Crippen molar-refractivity contribution >= 4 is 20.3 Å². The van der Waals surface area contributed by atoms with E-state index < -0.39 is 8.32 Å². The van der Waals surface area contributed by atoms with E-state index in [2.05, 4.69) is 4.74 Å². The first kappa shape index (κ1) is 11.2. The molecule has 0 heterocycles. The van der Waals surface area contributed by atoms with E-state index in [9.17, 15) is 9.59 Å². The van der Waals surface area contributed by atoms with Crippen LogP contribution in [0.3, 0.4) is 0 Å². The lowest BCUT2D eigenvalue weighted by molar-refractivity contribution is -0.138. The van der Waals surface area contributed by atoms with Gasteiger partial charge in [0.1, 0.15) is 0 Å². The maximum Gasteiger partial charge on any atom is 0.306 e. The molecule has 0 aliphatic heterocycles. The zero-order chi connectivity index (χ0) is 9.78. The topological polar surface area (TPSA) is 52.6 Å². The highest BCUT2D eigenvalue weighted by atomic mass is 28.4. The van der Waals surface area contributed by atoms with Crippen LogP contribution in [0.4, 0.5) is 0 Å². The Kier molecular flexibility index (Phi) is 3.95. The number of carbonyl (C=O) groups is 2. The Labute approximate surface area is 73.0 Å². The molecule has 0 amide bonds. The molecule has 0 saturated carbocycles. The second-order valence-electron chi connectivity index (χ2n) is 3.11. The molecule has 0 fully saturated rings. The van der Waals surface area contributed by atoms with Gasteiger partial charge in [0, 0.05) is 6.92 Å². The van der Waals surface area contributed by atoms with E-state index in [0.717, 1.165) is 0 Å². The minimum absolute atomic E-state index is 0.211. The molecule has 70 valence electrons. The van der Waals surface area contributed by atoms with E-state index in [1.807, 2.05) is 0 Å². The number of methoxy groups -OCH3 is 1. The molecule has 0 aromatic carbocycles. The monoisotopic (exact) mass is 190 g/mol. The van der Waals surface area contributed by atoms with Crippen LogP contribution in [-0.2, 0) is 18.8 Å². The average molecular weight is 190 g/mol. The third-order valence-corrected chi connectivity index (χ3v) is 3.20. The van der Waals surface area contributed by atoms with Gasteiger partial charge in [-0.25, -0.2) is 0 Å². The number of carbonyl (C=O) groups excluding carboxylic acids is 2. The summed E-state index contributed by atoms with van der Waals surface area (Å²) in [6.07, 6.45) is 0. The summed E-state index contributed by atoms with van der Waals surface area (Å²) in [7, 11) is -0.855. The van der Waals surface area contributed by atoms with Gasteiger partial charge in [0.25, 0.3) is 14.3 Å².